The molecule has 328 valence electrons. The fourth-order valence-corrected chi connectivity index (χ4v) is 6.73. The molecule has 57 heavy (non-hydrogen) atoms. The average molecular weight is 796 g/mol. The third-order valence-electron chi connectivity index (χ3n) is 10.4. The largest absolute Gasteiger partial charge is 0.462 e. The second-order valence-electron chi connectivity index (χ2n) is 15.9. The van der Waals surface area contributed by atoms with Crippen LogP contribution in [0.25, 0.3) is 0 Å². The minimum atomic E-state index is -0.802. The van der Waals surface area contributed by atoms with E-state index < -0.39 is 18.2 Å². The van der Waals surface area contributed by atoms with Crippen molar-refractivity contribution in [2.45, 2.75) is 232 Å². The molecule has 3 N–H and O–H groups in total. The van der Waals surface area contributed by atoms with Crippen LogP contribution in [0.5, 0.6) is 0 Å². The van der Waals surface area contributed by atoms with Crippen LogP contribution >= 0.6 is 0 Å². The number of nitrogens with one attached hydrogen (secondary N) is 1. The van der Waals surface area contributed by atoms with Gasteiger partial charge in [-0.1, -0.05) is 209 Å². The lowest BCUT2D eigenvalue weighted by atomic mass is 10.0. The Morgan fingerprint density at radius 3 is 1.54 bits per heavy atom. The molecule has 3 unspecified atom stereocenters. The fourth-order valence-electron chi connectivity index (χ4n) is 6.73. The van der Waals surface area contributed by atoms with Crippen LogP contribution in [0.3, 0.4) is 0 Å². The number of hydrogen-bond donors (Lipinski definition) is 3. The van der Waals surface area contributed by atoms with Gasteiger partial charge in [0.15, 0.2) is 0 Å². The fraction of sp³-hybridized carbons (Fsp3) is 0.725. The maximum absolute atomic E-state index is 13.1. The van der Waals surface area contributed by atoms with Gasteiger partial charge in [0.05, 0.1) is 25.2 Å². The number of amides is 1. The maximum Gasteiger partial charge on any atom is 0.306 e. The van der Waals surface area contributed by atoms with Crippen molar-refractivity contribution in [1.29, 1.82) is 0 Å². The summed E-state index contributed by atoms with van der Waals surface area (Å²) in [6.45, 7) is 6.32. The molecule has 0 rings (SSSR count). The molecule has 0 radical (unpaired) electrons. The van der Waals surface area contributed by atoms with Crippen LogP contribution < -0.4 is 5.32 Å². The molecule has 6 nitrogen and oxygen atoms in total. The molecular formula is C51H89NO5. The summed E-state index contributed by atoms with van der Waals surface area (Å²) in [6.07, 6.45) is 55.2. The first-order chi connectivity index (χ1) is 28.0. The number of unbranched alkanes of at least 4 members (excludes halogenated alkanes) is 21. The Kier molecular flexibility index (Phi) is 42.3. The van der Waals surface area contributed by atoms with Gasteiger partial charge in [0, 0.05) is 6.42 Å². The summed E-state index contributed by atoms with van der Waals surface area (Å²) in [6, 6.07) is -0.718. The van der Waals surface area contributed by atoms with Crippen molar-refractivity contribution in [2.75, 3.05) is 6.61 Å². The molecule has 0 aromatic carbocycles. The number of carbonyl (C=O) groups excluding carboxylic acids is 2. The van der Waals surface area contributed by atoms with E-state index in [1.54, 1.807) is 0 Å². The van der Waals surface area contributed by atoms with Gasteiger partial charge >= 0.3 is 5.97 Å². The Hall–Kier alpha value is -2.70. The Labute approximate surface area is 351 Å². The Balaban J connectivity index is 4.73. The van der Waals surface area contributed by atoms with Crippen LogP contribution in [0.2, 0.25) is 0 Å². The summed E-state index contributed by atoms with van der Waals surface area (Å²) in [7, 11) is 0. The van der Waals surface area contributed by atoms with Crippen LogP contribution in [-0.4, -0.2) is 46.9 Å². The van der Waals surface area contributed by atoms with Gasteiger partial charge in [-0.05, 0) is 64.2 Å². The highest BCUT2D eigenvalue weighted by atomic mass is 16.5. The molecule has 0 spiro atoms. The van der Waals surface area contributed by atoms with Gasteiger partial charge in [-0.3, -0.25) is 9.59 Å². The summed E-state index contributed by atoms with van der Waals surface area (Å²) in [5, 5.41) is 23.6. The first-order valence-corrected chi connectivity index (χ1v) is 23.7. The summed E-state index contributed by atoms with van der Waals surface area (Å²) in [4.78, 5) is 26.0. The van der Waals surface area contributed by atoms with E-state index in [1.807, 2.05) is 36.5 Å². The lowest BCUT2D eigenvalue weighted by molar-refractivity contribution is -0.151. The number of rotatable bonds is 41. The van der Waals surface area contributed by atoms with Gasteiger partial charge in [-0.25, -0.2) is 0 Å². The maximum atomic E-state index is 13.1. The lowest BCUT2D eigenvalue weighted by Gasteiger charge is -2.24. The minimum absolute atomic E-state index is 0.0433. The number of aliphatic hydroxyl groups is 2. The van der Waals surface area contributed by atoms with Crippen molar-refractivity contribution in [2.24, 2.45) is 0 Å². The zero-order valence-electron chi connectivity index (χ0n) is 37.2. The molecule has 0 aromatic heterocycles. The summed E-state index contributed by atoms with van der Waals surface area (Å²) in [5.74, 6) is -0.532. The van der Waals surface area contributed by atoms with Crippen LogP contribution in [0, 0.1) is 0 Å². The quantitative estimate of drug-likeness (QED) is 0.0248. The number of ether oxygens (including phenoxy) is 1. The van der Waals surface area contributed by atoms with E-state index in [-0.39, 0.29) is 24.9 Å². The van der Waals surface area contributed by atoms with Crippen LogP contribution in [-0.2, 0) is 14.3 Å². The number of aliphatic hydroxyl groups excluding tert-OH is 2. The second kappa shape index (κ2) is 44.4. The van der Waals surface area contributed by atoms with Gasteiger partial charge < -0.3 is 20.3 Å². The molecule has 0 bridgehead atoms. The predicted molar refractivity (Wildman–Crippen MR) is 245 cm³/mol. The van der Waals surface area contributed by atoms with Crippen molar-refractivity contribution in [3.05, 3.63) is 72.9 Å². The average Bonchev–Trinajstić information content (AvgIpc) is 3.20. The molecule has 0 aliphatic rings. The summed E-state index contributed by atoms with van der Waals surface area (Å²) in [5.41, 5.74) is 0. The first kappa shape index (κ1) is 54.3. The third kappa shape index (κ3) is 39.9. The highest BCUT2D eigenvalue weighted by Gasteiger charge is 2.24. The zero-order valence-corrected chi connectivity index (χ0v) is 37.2. The summed E-state index contributed by atoms with van der Waals surface area (Å²) >= 11 is 0. The smallest absolute Gasteiger partial charge is 0.306 e. The molecule has 0 fully saturated rings. The van der Waals surface area contributed by atoms with Gasteiger partial charge in [0.25, 0.3) is 0 Å². The standard InChI is InChI=1S/C51H89NO5/c1-4-7-10-13-16-19-22-23-24-25-26-29-30-33-36-39-42-47(57-51(56)44-41-38-35-32-28-21-18-15-12-9-6-3)45-50(55)52-48(46-53)49(54)43-40-37-34-31-27-20-17-14-11-8-5-2/h10,13,15-16,18-19,22-26,29,47-49,53-54H,4-9,11-12,14,17,20-21,27-28,30-46H2,1-3H3,(H,52,55)/b13-10+,18-15-,19-16+,23-22+,25-24+,29-26+. The van der Waals surface area contributed by atoms with Gasteiger partial charge in [0.2, 0.25) is 5.91 Å². The number of allylic oxidation sites excluding steroid dienone is 12. The van der Waals surface area contributed by atoms with E-state index in [0.29, 0.717) is 19.3 Å². The molecular weight excluding hydrogens is 707 g/mol. The predicted octanol–water partition coefficient (Wildman–Crippen LogP) is 13.8. The molecule has 6 heteroatoms. The van der Waals surface area contributed by atoms with Crippen molar-refractivity contribution < 1.29 is 24.5 Å². The molecule has 0 heterocycles. The van der Waals surface area contributed by atoms with E-state index in [9.17, 15) is 19.8 Å². The van der Waals surface area contributed by atoms with Gasteiger partial charge in [-0.15, -0.1) is 0 Å². The first-order valence-electron chi connectivity index (χ1n) is 23.7. The number of carbonyl (C=O) groups is 2. The van der Waals surface area contributed by atoms with E-state index in [2.05, 4.69) is 62.5 Å². The van der Waals surface area contributed by atoms with E-state index >= 15 is 0 Å². The lowest BCUT2D eigenvalue weighted by Crippen LogP contribution is -2.46. The topological polar surface area (TPSA) is 95.9 Å². The van der Waals surface area contributed by atoms with Crippen molar-refractivity contribution in [3.63, 3.8) is 0 Å². The van der Waals surface area contributed by atoms with E-state index in [4.69, 9.17) is 4.74 Å². The van der Waals surface area contributed by atoms with Crippen LogP contribution in [0.15, 0.2) is 72.9 Å². The zero-order chi connectivity index (χ0) is 41.7. The minimum Gasteiger partial charge on any atom is -0.462 e. The highest BCUT2D eigenvalue weighted by Crippen LogP contribution is 2.17. The van der Waals surface area contributed by atoms with E-state index in [1.165, 1.54) is 89.9 Å². The number of hydrogen-bond acceptors (Lipinski definition) is 5. The summed E-state index contributed by atoms with van der Waals surface area (Å²) < 4.78 is 5.89. The van der Waals surface area contributed by atoms with Gasteiger partial charge in [0.1, 0.15) is 6.10 Å². The molecule has 0 saturated carbocycles. The van der Waals surface area contributed by atoms with Crippen molar-refractivity contribution in [3.8, 4) is 0 Å². The Bertz CT molecular complexity index is 1070. The Morgan fingerprint density at radius 1 is 0.509 bits per heavy atom. The van der Waals surface area contributed by atoms with Crippen LogP contribution in [0.4, 0.5) is 0 Å². The van der Waals surface area contributed by atoms with Crippen molar-refractivity contribution >= 4 is 11.9 Å². The van der Waals surface area contributed by atoms with Crippen LogP contribution in [0.1, 0.15) is 213 Å². The van der Waals surface area contributed by atoms with Crippen molar-refractivity contribution in [1.82, 2.24) is 5.32 Å². The van der Waals surface area contributed by atoms with Gasteiger partial charge in [-0.2, -0.15) is 0 Å². The Morgan fingerprint density at radius 2 is 0.965 bits per heavy atom. The number of esters is 1. The normalized spacial score (nSPS) is 14.0. The molecule has 3 atom stereocenters. The SMILES string of the molecule is CCC/C=C/C=C/C=C/C=C/C=C/CCCCCC(CC(=O)NC(CO)C(O)CCCCCCCCCCCCC)OC(=O)CCCCCCC/C=C\CCCC. The molecule has 0 saturated heterocycles. The molecule has 0 aromatic rings. The molecule has 0 aliphatic carbocycles. The van der Waals surface area contributed by atoms with E-state index in [0.717, 1.165) is 77.0 Å². The molecule has 1 amide bonds. The second-order valence-corrected chi connectivity index (χ2v) is 15.9. The monoisotopic (exact) mass is 796 g/mol. The molecule has 0 aliphatic heterocycles. The third-order valence-corrected chi connectivity index (χ3v) is 10.4. The highest BCUT2D eigenvalue weighted by molar-refractivity contribution is 5.77.